The maximum atomic E-state index is 12.4. The van der Waals surface area contributed by atoms with Gasteiger partial charge >= 0.3 is 12.1 Å². The first-order valence-corrected chi connectivity index (χ1v) is 6.95. The van der Waals surface area contributed by atoms with E-state index in [0.717, 1.165) is 13.1 Å². The first-order chi connectivity index (χ1) is 11.7. The number of nitrogens with zero attached hydrogens (tertiary/aromatic N) is 3. The highest BCUT2D eigenvalue weighted by Gasteiger charge is 2.38. The minimum Gasteiger partial charge on any atom is -0.480 e. The van der Waals surface area contributed by atoms with Gasteiger partial charge in [0.25, 0.3) is 5.91 Å². The van der Waals surface area contributed by atoms with Gasteiger partial charge in [0, 0.05) is 26.2 Å². The minimum atomic E-state index is -5.08. The highest BCUT2D eigenvalue weighted by Crippen LogP contribution is 2.25. The van der Waals surface area contributed by atoms with Crippen LogP contribution in [0.1, 0.15) is 10.4 Å². The topological polar surface area (TPSA) is 114 Å². The monoisotopic (exact) mass is 366 g/mol. The number of aliphatic carboxylic acids is 1. The number of nitrogens with one attached hydrogen (secondary N) is 1. The lowest BCUT2D eigenvalue weighted by atomic mass is 10.2. The average Bonchev–Trinajstić information content (AvgIpc) is 2.60. The lowest BCUT2D eigenvalue weighted by Crippen LogP contribution is -2.46. The van der Waals surface area contributed by atoms with E-state index in [9.17, 15) is 18.0 Å². The lowest BCUT2D eigenvalue weighted by molar-refractivity contribution is -0.192. The molecule has 1 aliphatic heterocycles. The minimum absolute atomic E-state index is 0.161. The zero-order valence-electron chi connectivity index (χ0n) is 13.5. The van der Waals surface area contributed by atoms with Crippen molar-refractivity contribution in [2.75, 3.05) is 40.4 Å². The second-order valence-corrected chi connectivity index (χ2v) is 4.61. The molecule has 1 aliphatic rings. The molecule has 1 aromatic rings. The highest BCUT2D eigenvalue weighted by atomic mass is 19.4. The van der Waals surface area contributed by atoms with E-state index in [1.54, 1.807) is 4.90 Å². The van der Waals surface area contributed by atoms with Crippen molar-refractivity contribution in [2.24, 2.45) is 0 Å². The average molecular weight is 366 g/mol. The van der Waals surface area contributed by atoms with Gasteiger partial charge in [0.15, 0.2) is 5.56 Å². The van der Waals surface area contributed by atoms with Crippen molar-refractivity contribution in [1.82, 2.24) is 20.2 Å². The van der Waals surface area contributed by atoms with Crippen molar-refractivity contribution in [3.63, 3.8) is 0 Å². The molecule has 2 heterocycles. The fraction of sp³-hybridized carbons (Fsp3) is 0.538. The maximum Gasteiger partial charge on any atom is 0.490 e. The third-order valence-corrected chi connectivity index (χ3v) is 3.02. The Bertz CT molecular complexity index is 584. The third kappa shape index (κ3) is 5.74. The summed E-state index contributed by atoms with van der Waals surface area (Å²) in [5.74, 6) is -2.44. The molecule has 25 heavy (non-hydrogen) atoms. The number of carboxylic acid groups (broad SMARTS) is 1. The van der Waals surface area contributed by atoms with E-state index in [2.05, 4.69) is 15.3 Å². The van der Waals surface area contributed by atoms with Crippen molar-refractivity contribution in [1.29, 1.82) is 0 Å². The number of methoxy groups -OCH3 is 2. The summed E-state index contributed by atoms with van der Waals surface area (Å²) in [5, 5.41) is 10.3. The van der Waals surface area contributed by atoms with Crippen LogP contribution >= 0.6 is 0 Å². The van der Waals surface area contributed by atoms with Crippen LogP contribution in [0.3, 0.4) is 0 Å². The van der Waals surface area contributed by atoms with Crippen LogP contribution in [-0.2, 0) is 4.79 Å². The number of hydrogen-bond donors (Lipinski definition) is 2. The van der Waals surface area contributed by atoms with Crippen molar-refractivity contribution >= 4 is 11.9 Å². The number of piperazine rings is 1. The number of halogens is 3. The first kappa shape index (κ1) is 20.4. The molecule has 0 radical (unpaired) electrons. The van der Waals surface area contributed by atoms with Gasteiger partial charge in [-0.3, -0.25) is 4.79 Å². The molecule has 1 saturated heterocycles. The number of rotatable bonds is 3. The summed E-state index contributed by atoms with van der Waals surface area (Å²) in [6.07, 6.45) is -3.77. The number of hydrogen-bond acceptors (Lipinski definition) is 7. The second-order valence-electron chi connectivity index (χ2n) is 4.61. The Morgan fingerprint density at radius 3 is 1.96 bits per heavy atom. The van der Waals surface area contributed by atoms with Gasteiger partial charge in [-0.2, -0.15) is 13.2 Å². The summed E-state index contributed by atoms with van der Waals surface area (Å²) < 4.78 is 41.9. The molecule has 0 unspecified atom stereocenters. The Morgan fingerprint density at radius 1 is 1.16 bits per heavy atom. The molecule has 2 N–H and O–H groups in total. The summed E-state index contributed by atoms with van der Waals surface area (Å²) in [7, 11) is 2.94. The number of carboxylic acids is 1. The Labute approximate surface area is 140 Å². The summed E-state index contributed by atoms with van der Waals surface area (Å²) in [6.45, 7) is 2.87. The zero-order chi connectivity index (χ0) is 19.0. The predicted molar refractivity (Wildman–Crippen MR) is 77.6 cm³/mol. The summed E-state index contributed by atoms with van der Waals surface area (Å²) in [6, 6.07) is 0. The fourth-order valence-electron chi connectivity index (χ4n) is 1.87. The maximum absolute atomic E-state index is 12.4. The molecule has 2 rings (SSSR count). The summed E-state index contributed by atoms with van der Waals surface area (Å²) in [4.78, 5) is 30.9. The number of ether oxygens (including phenoxy) is 2. The zero-order valence-corrected chi connectivity index (χ0v) is 13.5. The van der Waals surface area contributed by atoms with Crippen LogP contribution in [0.4, 0.5) is 13.2 Å². The highest BCUT2D eigenvalue weighted by molar-refractivity contribution is 5.98. The van der Waals surface area contributed by atoms with Crippen LogP contribution in [-0.4, -0.2) is 78.4 Å². The quantitative estimate of drug-likeness (QED) is 0.778. The SMILES string of the molecule is COc1ncnc(OC)c1C(=O)N1CCNCC1.O=C(O)C(F)(F)F. The van der Waals surface area contributed by atoms with Gasteiger partial charge in [-0.05, 0) is 0 Å². The molecule has 9 nitrogen and oxygen atoms in total. The normalized spacial score (nSPS) is 14.2. The van der Waals surface area contributed by atoms with Crippen molar-refractivity contribution in [3.05, 3.63) is 11.9 Å². The van der Waals surface area contributed by atoms with E-state index in [1.807, 2.05) is 0 Å². The Morgan fingerprint density at radius 2 is 1.60 bits per heavy atom. The van der Waals surface area contributed by atoms with Crippen LogP contribution in [0, 0.1) is 0 Å². The number of amides is 1. The summed E-state index contributed by atoms with van der Waals surface area (Å²) >= 11 is 0. The van der Waals surface area contributed by atoms with Crippen LogP contribution < -0.4 is 14.8 Å². The number of aromatic nitrogens is 2. The van der Waals surface area contributed by atoms with E-state index in [-0.39, 0.29) is 23.2 Å². The van der Waals surface area contributed by atoms with E-state index in [4.69, 9.17) is 19.4 Å². The first-order valence-electron chi connectivity index (χ1n) is 6.95. The summed E-state index contributed by atoms with van der Waals surface area (Å²) in [5.41, 5.74) is 0.282. The second kappa shape index (κ2) is 9.01. The smallest absolute Gasteiger partial charge is 0.480 e. The van der Waals surface area contributed by atoms with Gasteiger partial charge in [0.1, 0.15) is 6.33 Å². The molecule has 0 saturated carbocycles. The van der Waals surface area contributed by atoms with Gasteiger partial charge < -0.3 is 24.8 Å². The van der Waals surface area contributed by atoms with E-state index in [0.29, 0.717) is 13.1 Å². The molecule has 12 heteroatoms. The van der Waals surface area contributed by atoms with Crippen LogP contribution in [0.25, 0.3) is 0 Å². The number of carbonyl (C=O) groups is 2. The van der Waals surface area contributed by atoms with Gasteiger partial charge in [-0.1, -0.05) is 0 Å². The fourth-order valence-corrected chi connectivity index (χ4v) is 1.87. The van der Waals surface area contributed by atoms with Crippen molar-refractivity contribution in [3.8, 4) is 11.8 Å². The van der Waals surface area contributed by atoms with Gasteiger partial charge in [-0.25, -0.2) is 14.8 Å². The molecule has 0 atom stereocenters. The number of alkyl halides is 3. The molecule has 140 valence electrons. The molecule has 0 bridgehead atoms. The molecule has 1 fully saturated rings. The Balaban J connectivity index is 0.000000381. The molecule has 1 amide bonds. The van der Waals surface area contributed by atoms with Gasteiger partial charge in [-0.15, -0.1) is 0 Å². The van der Waals surface area contributed by atoms with Crippen LogP contribution in [0.2, 0.25) is 0 Å². The van der Waals surface area contributed by atoms with Gasteiger partial charge in [0.05, 0.1) is 14.2 Å². The predicted octanol–water partition coefficient (Wildman–Crippen LogP) is 0.172. The Hall–Kier alpha value is -2.63. The molecule has 0 aliphatic carbocycles. The molecule has 0 aromatic carbocycles. The Kier molecular flexibility index (Phi) is 7.36. The van der Waals surface area contributed by atoms with E-state index in [1.165, 1.54) is 20.5 Å². The lowest BCUT2D eigenvalue weighted by Gasteiger charge is -2.27. The third-order valence-electron chi connectivity index (χ3n) is 3.02. The van der Waals surface area contributed by atoms with E-state index >= 15 is 0 Å². The van der Waals surface area contributed by atoms with Crippen molar-refractivity contribution in [2.45, 2.75) is 6.18 Å². The molecule has 0 spiro atoms. The molecule has 1 aromatic heterocycles. The van der Waals surface area contributed by atoms with Crippen molar-refractivity contribution < 1.29 is 37.3 Å². The standard InChI is InChI=1S/C11H16N4O3.C2HF3O2/c1-17-9-8(10(18-2)14-7-13-9)11(16)15-5-3-12-4-6-15;3-2(4,5)1(6)7/h7,12H,3-6H2,1-2H3;(H,6,7). The van der Waals surface area contributed by atoms with Gasteiger partial charge in [0.2, 0.25) is 11.8 Å². The van der Waals surface area contributed by atoms with Crippen LogP contribution in [0.15, 0.2) is 6.33 Å². The van der Waals surface area contributed by atoms with E-state index < -0.39 is 12.1 Å². The van der Waals surface area contributed by atoms with Crippen LogP contribution in [0.5, 0.6) is 11.8 Å². The molecular weight excluding hydrogens is 349 g/mol. The largest absolute Gasteiger partial charge is 0.490 e. The molecular formula is C13H17F3N4O5. The number of carbonyl (C=O) groups excluding carboxylic acids is 1.